The van der Waals surface area contributed by atoms with Crippen LogP contribution in [0.5, 0.6) is 5.88 Å². The van der Waals surface area contributed by atoms with Crippen LogP contribution in [-0.4, -0.2) is 22.1 Å². The predicted molar refractivity (Wildman–Crippen MR) is 75.1 cm³/mol. The van der Waals surface area contributed by atoms with Crippen molar-refractivity contribution in [2.24, 2.45) is 0 Å². The quantitative estimate of drug-likeness (QED) is 0.603. The van der Waals surface area contributed by atoms with Gasteiger partial charge >= 0.3 is 0 Å². The zero-order valence-corrected chi connectivity index (χ0v) is 16.9. The van der Waals surface area contributed by atoms with E-state index in [0.29, 0.717) is 5.88 Å². The first-order valence-electron chi connectivity index (χ1n) is 5.51. The van der Waals surface area contributed by atoms with Crippen molar-refractivity contribution in [2.75, 3.05) is 0 Å². The maximum Gasteiger partial charge on any atom is 0.226 e. The summed E-state index contributed by atoms with van der Waals surface area (Å²) in [5.41, 5.74) is 1.04. The Bertz CT molecular complexity index is 294. The second-order valence-electron chi connectivity index (χ2n) is 5.28. The van der Waals surface area contributed by atoms with E-state index in [1.54, 1.807) is 12.3 Å². The van der Waals surface area contributed by atoms with Crippen LogP contribution in [0.3, 0.4) is 0 Å². The molecule has 0 saturated carbocycles. The van der Waals surface area contributed by atoms with Gasteiger partial charge in [0.2, 0.25) is 8.32 Å². The number of rotatable bonds is 2. The van der Waals surface area contributed by atoms with E-state index in [0.717, 1.165) is 5.56 Å². The first kappa shape index (κ1) is 19.8. The fourth-order valence-corrected chi connectivity index (χ4v) is 1.52. The molecule has 0 spiro atoms. The normalized spacial score (nSPS) is 10.1. The fraction of sp³-hybridized carbons (Fsp3) is 0.583. The van der Waals surface area contributed by atoms with Gasteiger partial charge in [-0.15, -0.1) is 11.6 Å². The molecule has 0 aliphatic rings. The molecule has 0 amide bonds. The topological polar surface area (TPSA) is 22.1 Å². The third kappa shape index (κ3) is 14.4. The minimum atomic E-state index is -1.50. The number of pyridine rings is 1. The molecule has 0 aliphatic carbocycles. The van der Waals surface area contributed by atoms with Gasteiger partial charge in [-0.1, -0.05) is 32.8 Å². The molecule has 0 bridgehead atoms. The van der Waals surface area contributed by atoms with Crippen LogP contribution in [0.2, 0.25) is 39.3 Å². The van der Waals surface area contributed by atoms with Gasteiger partial charge in [0.1, 0.15) is 0 Å². The van der Waals surface area contributed by atoms with Crippen molar-refractivity contribution in [3.05, 3.63) is 23.9 Å². The van der Waals surface area contributed by atoms with Crippen molar-refractivity contribution < 1.29 is 37.1 Å². The molecule has 5 heteroatoms. The van der Waals surface area contributed by atoms with Gasteiger partial charge < -0.3 is 9.41 Å². The molecule has 0 unspecified atom stereocenters. The average molecular weight is 342 g/mol. The van der Waals surface area contributed by atoms with E-state index in [4.69, 9.17) is 4.43 Å². The van der Waals surface area contributed by atoms with E-state index in [1.165, 1.54) is 0 Å². The molecule has 0 saturated heterocycles. The molecule has 0 N–H and O–H groups in total. The van der Waals surface area contributed by atoms with Crippen LogP contribution < -0.4 is 4.43 Å². The van der Waals surface area contributed by atoms with Gasteiger partial charge in [-0.2, -0.15) is 6.07 Å². The molecule has 0 aliphatic heterocycles. The molecule has 2 nitrogen and oxygen atoms in total. The van der Waals surface area contributed by atoms with Crippen molar-refractivity contribution in [2.45, 2.75) is 46.2 Å². The molecule has 1 heterocycles. The molecule has 0 atom stereocenters. The van der Waals surface area contributed by atoms with Gasteiger partial charge in [0, 0.05) is 41.5 Å². The SMILES string of the molecule is C[Si](C)C.Cc1[c-]cc(O[Si](C)(C)C)nc1.[Y]. The minimum absolute atomic E-state index is 0. The average Bonchev–Trinajstić information content (AvgIpc) is 2.05. The standard InChI is InChI=1S/C9H14NOSi.C3H9Si.Y/c1-8-5-6-9(10-7-8)11-12(2,3)4;1-4(2)3;/h6-7H,1-4H3;1-3H3;/q-1;;. The Labute approximate surface area is 134 Å². The van der Waals surface area contributed by atoms with Crippen LogP contribution in [-0.2, 0) is 32.7 Å². The van der Waals surface area contributed by atoms with Crippen molar-refractivity contribution in [1.82, 2.24) is 4.98 Å². The summed E-state index contributed by atoms with van der Waals surface area (Å²) < 4.78 is 5.65. The summed E-state index contributed by atoms with van der Waals surface area (Å²) >= 11 is 0. The molecule has 94 valence electrons. The summed E-state index contributed by atoms with van der Waals surface area (Å²) in [5, 5.41) is 0. The zero-order valence-electron chi connectivity index (χ0n) is 12.1. The summed E-state index contributed by atoms with van der Waals surface area (Å²) in [4.78, 5) is 4.14. The summed E-state index contributed by atoms with van der Waals surface area (Å²) in [6.45, 7) is 15.2. The van der Waals surface area contributed by atoms with Crippen molar-refractivity contribution in [1.29, 1.82) is 0 Å². The van der Waals surface area contributed by atoms with Crippen LogP contribution in [0.15, 0.2) is 12.3 Å². The van der Waals surface area contributed by atoms with Gasteiger partial charge in [0.05, 0.1) is 5.88 Å². The Hall–Kier alpha value is 0.488. The number of aromatic nitrogens is 1. The first-order valence-corrected chi connectivity index (χ1v) is 11.9. The van der Waals surface area contributed by atoms with E-state index >= 15 is 0 Å². The van der Waals surface area contributed by atoms with Crippen LogP contribution in [0.25, 0.3) is 0 Å². The largest absolute Gasteiger partial charge is 0.589 e. The maximum atomic E-state index is 5.65. The second-order valence-corrected chi connectivity index (χ2v) is 12.7. The third-order valence-electron chi connectivity index (χ3n) is 1.22. The summed E-state index contributed by atoms with van der Waals surface area (Å²) in [6, 6.07) is 4.86. The smallest absolute Gasteiger partial charge is 0.226 e. The molecule has 1 aromatic heterocycles. The van der Waals surface area contributed by atoms with Gasteiger partial charge in [-0.3, -0.25) is 0 Å². The van der Waals surface area contributed by atoms with Crippen LogP contribution >= 0.6 is 0 Å². The number of hydrogen-bond donors (Lipinski definition) is 0. The molecule has 0 fully saturated rings. The summed E-state index contributed by atoms with van der Waals surface area (Å²) in [7, 11) is -1.38. The maximum absolute atomic E-state index is 5.65. The Morgan fingerprint density at radius 3 is 2.00 bits per heavy atom. The minimum Gasteiger partial charge on any atom is -0.589 e. The number of nitrogens with zero attached hydrogens (tertiary/aromatic N) is 1. The fourth-order valence-electron chi connectivity index (χ4n) is 0.780. The van der Waals surface area contributed by atoms with E-state index in [-0.39, 0.29) is 41.5 Å². The number of hydrogen-bond acceptors (Lipinski definition) is 2. The van der Waals surface area contributed by atoms with Gasteiger partial charge in [0.15, 0.2) is 0 Å². The zero-order chi connectivity index (χ0) is 12.8. The first-order chi connectivity index (χ1) is 7.20. The number of aryl methyl sites for hydroxylation is 1. The van der Waals surface area contributed by atoms with Crippen LogP contribution in [0.4, 0.5) is 0 Å². The van der Waals surface area contributed by atoms with Crippen molar-refractivity contribution >= 4 is 17.1 Å². The summed E-state index contributed by atoms with van der Waals surface area (Å²) in [5.74, 6) is 0.694. The second kappa shape index (κ2) is 9.42. The predicted octanol–water partition coefficient (Wildman–Crippen LogP) is 3.77. The van der Waals surface area contributed by atoms with E-state index in [9.17, 15) is 0 Å². The molecule has 1 rings (SSSR count). The third-order valence-corrected chi connectivity index (χ3v) is 2.04. The molecule has 17 heavy (non-hydrogen) atoms. The van der Waals surface area contributed by atoms with Gasteiger partial charge in [0.25, 0.3) is 0 Å². The molecule has 1 aromatic rings. The monoisotopic (exact) mass is 342 g/mol. The van der Waals surface area contributed by atoms with E-state index in [1.807, 2.05) is 6.92 Å². The molecule has 0 aromatic carbocycles. The molecular formula is C12H23NOSi2Y-. The molecule has 2 radical (unpaired) electrons. The van der Waals surface area contributed by atoms with Crippen LogP contribution in [0.1, 0.15) is 5.56 Å². The van der Waals surface area contributed by atoms with E-state index in [2.05, 4.69) is 50.3 Å². The van der Waals surface area contributed by atoms with E-state index < -0.39 is 8.32 Å². The summed E-state index contributed by atoms with van der Waals surface area (Å²) in [6.07, 6.45) is 1.77. The molecular weight excluding hydrogens is 319 g/mol. The Morgan fingerprint density at radius 2 is 1.71 bits per heavy atom. The Morgan fingerprint density at radius 1 is 1.24 bits per heavy atom. The van der Waals surface area contributed by atoms with Crippen LogP contribution in [0, 0.1) is 13.0 Å². The van der Waals surface area contributed by atoms with Gasteiger partial charge in [-0.05, 0) is 19.6 Å². The van der Waals surface area contributed by atoms with Gasteiger partial charge in [-0.25, -0.2) is 0 Å². The van der Waals surface area contributed by atoms with Crippen molar-refractivity contribution in [3.8, 4) is 5.88 Å². The van der Waals surface area contributed by atoms with Crippen molar-refractivity contribution in [3.63, 3.8) is 0 Å². The Kier molecular flexibility index (Phi) is 11.0. The Balaban J connectivity index is 0.